The Morgan fingerprint density at radius 2 is 1.58 bits per heavy atom. The van der Waals surface area contributed by atoms with E-state index in [9.17, 15) is 19.2 Å². The maximum absolute atomic E-state index is 11.5. The summed E-state index contributed by atoms with van der Waals surface area (Å²) in [5, 5.41) is 0. The van der Waals surface area contributed by atoms with E-state index in [1.807, 2.05) is 0 Å². The highest BCUT2D eigenvalue weighted by Crippen LogP contribution is 2.29. The molecule has 0 aromatic heterocycles. The Bertz CT molecular complexity index is 531. The van der Waals surface area contributed by atoms with Gasteiger partial charge in [0.1, 0.15) is 18.8 Å². The van der Waals surface area contributed by atoms with Gasteiger partial charge in [0.15, 0.2) is 18.5 Å². The molecular weight excluding hydrogens is 352 g/mol. The maximum Gasteiger partial charge on any atom is 0.303 e. The fraction of sp³-hybridized carbons (Fsp3) is 0.750. The van der Waals surface area contributed by atoms with E-state index in [0.717, 1.165) is 0 Å². The standard InChI is InChI=1S/C16H24O10/c1-8(17)22-7-13(24-10(3)19)16-15(25-11(4)20)12(23-9(2)18)6-14(21-5)26-16/h12-16H,6-7H2,1-5H3/t12-,13?,14+,15+,16-/m1/s1. The van der Waals surface area contributed by atoms with Crippen LogP contribution in [0, 0.1) is 0 Å². The minimum absolute atomic E-state index is 0.102. The number of methoxy groups -OCH3 is 1. The fourth-order valence-electron chi connectivity index (χ4n) is 2.57. The Hall–Kier alpha value is -2.20. The normalized spacial score (nSPS) is 26.3. The second kappa shape index (κ2) is 10.1. The number of carbonyl (C=O) groups excluding carboxylic acids is 4. The van der Waals surface area contributed by atoms with Crippen LogP contribution in [0.3, 0.4) is 0 Å². The highest BCUT2D eigenvalue weighted by atomic mass is 16.7. The highest BCUT2D eigenvalue weighted by molar-refractivity contribution is 5.68. The van der Waals surface area contributed by atoms with Gasteiger partial charge in [-0.3, -0.25) is 19.2 Å². The molecule has 1 aliphatic heterocycles. The fourth-order valence-corrected chi connectivity index (χ4v) is 2.57. The summed E-state index contributed by atoms with van der Waals surface area (Å²) in [7, 11) is 1.38. The Kier molecular flexibility index (Phi) is 8.46. The average molecular weight is 376 g/mol. The van der Waals surface area contributed by atoms with Gasteiger partial charge in [0.05, 0.1) is 0 Å². The van der Waals surface area contributed by atoms with Gasteiger partial charge in [-0.25, -0.2) is 0 Å². The summed E-state index contributed by atoms with van der Waals surface area (Å²) in [5.41, 5.74) is 0. The van der Waals surface area contributed by atoms with Crippen molar-refractivity contribution < 1.29 is 47.6 Å². The van der Waals surface area contributed by atoms with Crippen LogP contribution in [-0.4, -0.2) is 68.3 Å². The van der Waals surface area contributed by atoms with E-state index < -0.39 is 54.6 Å². The van der Waals surface area contributed by atoms with Crippen LogP contribution in [0.4, 0.5) is 0 Å². The predicted molar refractivity (Wildman–Crippen MR) is 83.6 cm³/mol. The number of carbonyl (C=O) groups is 4. The number of hydrogen-bond donors (Lipinski definition) is 0. The lowest BCUT2D eigenvalue weighted by Gasteiger charge is -2.42. The van der Waals surface area contributed by atoms with Crippen LogP contribution < -0.4 is 0 Å². The van der Waals surface area contributed by atoms with Gasteiger partial charge in [0.2, 0.25) is 0 Å². The molecule has 0 aromatic carbocycles. The molecule has 1 fully saturated rings. The topological polar surface area (TPSA) is 124 Å². The third-order valence-corrected chi connectivity index (χ3v) is 3.44. The minimum atomic E-state index is -1.10. The van der Waals surface area contributed by atoms with E-state index in [0.29, 0.717) is 0 Å². The Labute approximate surface area is 151 Å². The van der Waals surface area contributed by atoms with Crippen LogP contribution in [0.1, 0.15) is 34.1 Å². The van der Waals surface area contributed by atoms with E-state index in [1.54, 1.807) is 0 Å². The SMILES string of the molecule is CO[C@@H]1C[C@@H](OC(C)=O)[C@H](OC(C)=O)[C@@H](C(COC(C)=O)OC(C)=O)O1. The zero-order valence-electron chi connectivity index (χ0n) is 15.4. The third kappa shape index (κ3) is 6.96. The van der Waals surface area contributed by atoms with E-state index in [-0.39, 0.29) is 13.0 Å². The first-order chi connectivity index (χ1) is 12.1. The molecule has 0 aromatic rings. The van der Waals surface area contributed by atoms with Crippen molar-refractivity contribution in [3.8, 4) is 0 Å². The Morgan fingerprint density at radius 3 is 2.04 bits per heavy atom. The van der Waals surface area contributed by atoms with Gasteiger partial charge in [0.25, 0.3) is 0 Å². The van der Waals surface area contributed by atoms with Gasteiger partial charge in [-0.05, 0) is 0 Å². The molecule has 1 unspecified atom stereocenters. The highest BCUT2D eigenvalue weighted by Gasteiger charge is 2.48. The molecule has 0 spiro atoms. The van der Waals surface area contributed by atoms with Crippen molar-refractivity contribution in [2.24, 2.45) is 0 Å². The second-order valence-electron chi connectivity index (χ2n) is 5.67. The molecule has 10 heteroatoms. The lowest BCUT2D eigenvalue weighted by molar-refractivity contribution is -0.274. The average Bonchev–Trinajstić information content (AvgIpc) is 2.51. The number of ether oxygens (including phenoxy) is 6. The smallest absolute Gasteiger partial charge is 0.303 e. The monoisotopic (exact) mass is 376 g/mol. The molecule has 0 N–H and O–H groups in total. The lowest BCUT2D eigenvalue weighted by Crippen LogP contribution is -2.58. The van der Waals surface area contributed by atoms with Gasteiger partial charge in [-0.1, -0.05) is 0 Å². The summed E-state index contributed by atoms with van der Waals surface area (Å²) in [6, 6.07) is 0. The predicted octanol–water partition coefficient (Wildman–Crippen LogP) is 0.106. The van der Waals surface area contributed by atoms with E-state index in [4.69, 9.17) is 28.4 Å². The molecule has 1 heterocycles. The van der Waals surface area contributed by atoms with Gasteiger partial charge in [-0.2, -0.15) is 0 Å². The van der Waals surface area contributed by atoms with Crippen LogP contribution >= 0.6 is 0 Å². The van der Waals surface area contributed by atoms with Crippen molar-refractivity contribution >= 4 is 23.9 Å². The van der Waals surface area contributed by atoms with Crippen LogP contribution in [0.25, 0.3) is 0 Å². The van der Waals surface area contributed by atoms with Crippen molar-refractivity contribution in [3.63, 3.8) is 0 Å². The van der Waals surface area contributed by atoms with Crippen molar-refractivity contribution in [1.82, 2.24) is 0 Å². The first kappa shape index (κ1) is 21.8. The molecule has 148 valence electrons. The maximum atomic E-state index is 11.5. The number of esters is 4. The number of hydrogen-bond acceptors (Lipinski definition) is 10. The van der Waals surface area contributed by atoms with Crippen LogP contribution in [-0.2, 0) is 47.6 Å². The zero-order chi connectivity index (χ0) is 19.9. The molecule has 1 saturated heterocycles. The lowest BCUT2D eigenvalue weighted by atomic mass is 9.96. The molecule has 0 saturated carbocycles. The molecule has 0 amide bonds. The molecule has 0 bridgehead atoms. The largest absolute Gasteiger partial charge is 0.462 e. The zero-order valence-corrected chi connectivity index (χ0v) is 15.4. The van der Waals surface area contributed by atoms with Gasteiger partial charge >= 0.3 is 23.9 Å². The number of rotatable bonds is 7. The molecular formula is C16H24O10. The third-order valence-electron chi connectivity index (χ3n) is 3.44. The van der Waals surface area contributed by atoms with Crippen molar-refractivity contribution in [1.29, 1.82) is 0 Å². The molecule has 5 atom stereocenters. The van der Waals surface area contributed by atoms with E-state index >= 15 is 0 Å². The van der Waals surface area contributed by atoms with Gasteiger partial charge in [0, 0.05) is 41.2 Å². The van der Waals surface area contributed by atoms with Crippen molar-refractivity contribution in [2.45, 2.75) is 64.8 Å². The molecule has 0 radical (unpaired) electrons. The van der Waals surface area contributed by atoms with Crippen molar-refractivity contribution in [2.75, 3.05) is 13.7 Å². The summed E-state index contributed by atoms with van der Waals surface area (Å²) in [4.78, 5) is 45.5. The molecule has 10 nitrogen and oxygen atoms in total. The van der Waals surface area contributed by atoms with E-state index in [2.05, 4.69) is 0 Å². The Morgan fingerprint density at radius 1 is 0.962 bits per heavy atom. The summed E-state index contributed by atoms with van der Waals surface area (Å²) >= 11 is 0. The molecule has 1 aliphatic rings. The minimum Gasteiger partial charge on any atom is -0.462 e. The van der Waals surface area contributed by atoms with E-state index in [1.165, 1.54) is 34.8 Å². The molecule has 1 rings (SSSR count). The molecule has 0 aliphatic carbocycles. The van der Waals surface area contributed by atoms with Crippen LogP contribution in [0.15, 0.2) is 0 Å². The Balaban J connectivity index is 3.15. The summed E-state index contributed by atoms with van der Waals surface area (Å²) in [6.07, 6.45) is -4.86. The second-order valence-corrected chi connectivity index (χ2v) is 5.67. The molecule has 26 heavy (non-hydrogen) atoms. The first-order valence-electron chi connectivity index (χ1n) is 7.97. The summed E-state index contributed by atoms with van der Waals surface area (Å²) in [6.45, 7) is 4.41. The van der Waals surface area contributed by atoms with Crippen LogP contribution in [0.5, 0.6) is 0 Å². The van der Waals surface area contributed by atoms with Gasteiger partial charge in [-0.15, -0.1) is 0 Å². The summed E-state index contributed by atoms with van der Waals surface area (Å²) < 4.78 is 31.4. The van der Waals surface area contributed by atoms with Gasteiger partial charge < -0.3 is 28.4 Å². The van der Waals surface area contributed by atoms with Crippen molar-refractivity contribution in [3.05, 3.63) is 0 Å². The van der Waals surface area contributed by atoms with Crippen LogP contribution in [0.2, 0.25) is 0 Å². The first-order valence-corrected chi connectivity index (χ1v) is 7.97. The summed E-state index contributed by atoms with van der Waals surface area (Å²) in [5.74, 6) is -2.49. The quantitative estimate of drug-likeness (QED) is 0.446.